The zero-order chi connectivity index (χ0) is 12.5. The summed E-state index contributed by atoms with van der Waals surface area (Å²) in [4.78, 5) is 8.18. The predicted octanol–water partition coefficient (Wildman–Crippen LogP) is 2.67. The lowest BCUT2D eigenvalue weighted by Gasteiger charge is -2.33. The average molecular weight is 235 g/mol. The maximum atomic E-state index is 4.69. The van der Waals surface area contributed by atoms with Crippen LogP contribution >= 0.6 is 0 Å². The van der Waals surface area contributed by atoms with Gasteiger partial charge in [-0.2, -0.15) is 0 Å². The van der Waals surface area contributed by atoms with Crippen molar-refractivity contribution in [1.29, 1.82) is 0 Å². The summed E-state index contributed by atoms with van der Waals surface area (Å²) < 4.78 is 0. The number of hydrogen-bond acceptors (Lipinski definition) is 2. The number of imidazole rings is 1. The van der Waals surface area contributed by atoms with Gasteiger partial charge in [0, 0.05) is 5.69 Å². The number of fused-ring (bicyclic) bond motifs is 1. The number of aromatic nitrogens is 2. The van der Waals surface area contributed by atoms with Crippen LogP contribution in [0.5, 0.6) is 0 Å². The van der Waals surface area contributed by atoms with E-state index in [9.17, 15) is 0 Å². The lowest BCUT2D eigenvalue weighted by Crippen LogP contribution is -2.26. The Hall–Kier alpha value is -0.830. The summed E-state index contributed by atoms with van der Waals surface area (Å²) in [5, 5.41) is 3.32. The third kappa shape index (κ3) is 2.89. The van der Waals surface area contributed by atoms with Gasteiger partial charge in [-0.3, -0.25) is 0 Å². The summed E-state index contributed by atoms with van der Waals surface area (Å²) in [5.41, 5.74) is 3.09. The lowest BCUT2D eigenvalue weighted by atomic mass is 9.73. The molecule has 1 aliphatic rings. The van der Waals surface area contributed by atoms with Crippen LogP contribution < -0.4 is 5.32 Å². The number of hydrogen-bond donors (Lipinski definition) is 2. The van der Waals surface area contributed by atoms with Crippen molar-refractivity contribution < 1.29 is 0 Å². The molecule has 0 radical (unpaired) electrons. The Morgan fingerprint density at radius 2 is 2.18 bits per heavy atom. The first kappa shape index (κ1) is 12.6. The van der Waals surface area contributed by atoms with Crippen molar-refractivity contribution in [3.8, 4) is 0 Å². The van der Waals surface area contributed by atoms with E-state index in [4.69, 9.17) is 0 Å². The van der Waals surface area contributed by atoms with Crippen LogP contribution in [-0.2, 0) is 19.4 Å². The first-order valence-corrected chi connectivity index (χ1v) is 6.78. The van der Waals surface area contributed by atoms with Crippen LogP contribution in [0.15, 0.2) is 0 Å². The SMILES string of the molecule is CCNCc1nc2c([nH]1)CC(C(C)(C)C)CC2. The van der Waals surface area contributed by atoms with Gasteiger partial charge >= 0.3 is 0 Å². The molecule has 1 heterocycles. The van der Waals surface area contributed by atoms with Crippen LogP contribution in [0.3, 0.4) is 0 Å². The fourth-order valence-electron chi connectivity index (χ4n) is 2.61. The Labute approximate surface area is 104 Å². The van der Waals surface area contributed by atoms with Crippen LogP contribution in [0.2, 0.25) is 0 Å². The Bertz CT molecular complexity index is 373. The normalized spacial score (nSPS) is 20.4. The number of nitrogens with one attached hydrogen (secondary N) is 2. The van der Waals surface area contributed by atoms with Gasteiger partial charge in [0.2, 0.25) is 0 Å². The molecule has 0 aromatic carbocycles. The van der Waals surface area contributed by atoms with Crippen molar-refractivity contribution in [1.82, 2.24) is 15.3 Å². The molecule has 3 heteroatoms. The van der Waals surface area contributed by atoms with Crippen molar-refractivity contribution >= 4 is 0 Å². The van der Waals surface area contributed by atoms with Crippen LogP contribution in [0.1, 0.15) is 51.3 Å². The highest BCUT2D eigenvalue weighted by Crippen LogP contribution is 2.36. The molecule has 0 aliphatic heterocycles. The molecular formula is C14H25N3. The molecule has 1 aromatic heterocycles. The number of H-pyrrole nitrogens is 1. The van der Waals surface area contributed by atoms with Crippen LogP contribution in [0.4, 0.5) is 0 Å². The monoisotopic (exact) mass is 235 g/mol. The smallest absolute Gasteiger partial charge is 0.120 e. The molecule has 17 heavy (non-hydrogen) atoms. The maximum Gasteiger partial charge on any atom is 0.120 e. The molecule has 96 valence electrons. The molecule has 0 spiro atoms. The second-order valence-electron chi connectivity index (χ2n) is 6.19. The molecule has 0 amide bonds. The third-order valence-electron chi connectivity index (χ3n) is 3.86. The van der Waals surface area contributed by atoms with E-state index in [0.717, 1.165) is 37.7 Å². The summed E-state index contributed by atoms with van der Waals surface area (Å²) in [6.07, 6.45) is 3.58. The minimum atomic E-state index is 0.407. The van der Waals surface area contributed by atoms with E-state index in [2.05, 4.69) is 43.0 Å². The quantitative estimate of drug-likeness (QED) is 0.845. The van der Waals surface area contributed by atoms with Crippen molar-refractivity contribution in [2.75, 3.05) is 6.54 Å². The Morgan fingerprint density at radius 1 is 1.41 bits per heavy atom. The van der Waals surface area contributed by atoms with Crippen molar-refractivity contribution in [3.05, 3.63) is 17.2 Å². The molecule has 0 fully saturated rings. The molecule has 2 rings (SSSR count). The molecule has 0 saturated carbocycles. The Kier molecular flexibility index (Phi) is 3.57. The molecule has 0 bridgehead atoms. The molecule has 0 saturated heterocycles. The number of aromatic amines is 1. The van der Waals surface area contributed by atoms with Crippen LogP contribution in [0.25, 0.3) is 0 Å². The van der Waals surface area contributed by atoms with Gasteiger partial charge in [0.15, 0.2) is 0 Å². The number of nitrogens with zero attached hydrogens (tertiary/aromatic N) is 1. The molecule has 1 aliphatic carbocycles. The van der Waals surface area contributed by atoms with E-state index < -0.39 is 0 Å². The van der Waals surface area contributed by atoms with Gasteiger partial charge in [-0.05, 0) is 37.1 Å². The first-order valence-electron chi connectivity index (χ1n) is 6.78. The van der Waals surface area contributed by atoms with E-state index in [1.165, 1.54) is 17.8 Å². The van der Waals surface area contributed by atoms with E-state index in [1.807, 2.05) is 0 Å². The Morgan fingerprint density at radius 3 is 2.82 bits per heavy atom. The highest BCUT2D eigenvalue weighted by atomic mass is 15.0. The molecule has 1 unspecified atom stereocenters. The zero-order valence-electron chi connectivity index (χ0n) is 11.6. The number of aryl methyl sites for hydroxylation is 1. The van der Waals surface area contributed by atoms with Gasteiger partial charge in [-0.15, -0.1) is 0 Å². The van der Waals surface area contributed by atoms with Crippen molar-refractivity contribution in [2.24, 2.45) is 11.3 Å². The standard InChI is InChI=1S/C14H25N3/c1-5-15-9-13-16-11-7-6-10(14(2,3)4)8-12(11)17-13/h10,15H,5-9H2,1-4H3,(H,16,17). The summed E-state index contributed by atoms with van der Waals surface area (Å²) >= 11 is 0. The minimum absolute atomic E-state index is 0.407. The van der Waals surface area contributed by atoms with E-state index in [0.29, 0.717) is 5.41 Å². The lowest BCUT2D eigenvalue weighted by molar-refractivity contribution is 0.214. The molecule has 1 atom stereocenters. The highest BCUT2D eigenvalue weighted by Gasteiger charge is 2.30. The van der Waals surface area contributed by atoms with Crippen molar-refractivity contribution in [2.45, 2.75) is 53.5 Å². The van der Waals surface area contributed by atoms with Gasteiger partial charge in [-0.1, -0.05) is 27.7 Å². The van der Waals surface area contributed by atoms with E-state index in [-0.39, 0.29) is 0 Å². The maximum absolute atomic E-state index is 4.69. The average Bonchev–Trinajstić information content (AvgIpc) is 2.66. The van der Waals surface area contributed by atoms with Gasteiger partial charge in [-0.25, -0.2) is 4.98 Å². The van der Waals surface area contributed by atoms with Gasteiger partial charge in [0.25, 0.3) is 0 Å². The third-order valence-corrected chi connectivity index (χ3v) is 3.86. The van der Waals surface area contributed by atoms with E-state index >= 15 is 0 Å². The summed E-state index contributed by atoms with van der Waals surface area (Å²) in [6, 6.07) is 0. The van der Waals surface area contributed by atoms with Gasteiger partial charge in [0.05, 0.1) is 12.2 Å². The summed E-state index contributed by atoms with van der Waals surface area (Å²) in [6.45, 7) is 11.0. The molecular weight excluding hydrogens is 210 g/mol. The van der Waals surface area contributed by atoms with E-state index in [1.54, 1.807) is 0 Å². The molecule has 1 aromatic rings. The van der Waals surface area contributed by atoms with Gasteiger partial charge < -0.3 is 10.3 Å². The molecule has 2 N–H and O–H groups in total. The fraction of sp³-hybridized carbons (Fsp3) is 0.786. The minimum Gasteiger partial charge on any atom is -0.345 e. The zero-order valence-corrected chi connectivity index (χ0v) is 11.6. The summed E-state index contributed by atoms with van der Waals surface area (Å²) in [7, 11) is 0. The predicted molar refractivity (Wildman–Crippen MR) is 70.9 cm³/mol. The summed E-state index contributed by atoms with van der Waals surface area (Å²) in [5.74, 6) is 1.88. The van der Waals surface area contributed by atoms with Crippen LogP contribution in [-0.4, -0.2) is 16.5 Å². The number of rotatable bonds is 3. The van der Waals surface area contributed by atoms with Gasteiger partial charge in [0.1, 0.15) is 5.82 Å². The Balaban J connectivity index is 2.07. The first-order chi connectivity index (χ1) is 8.00. The highest BCUT2D eigenvalue weighted by molar-refractivity contribution is 5.19. The second-order valence-corrected chi connectivity index (χ2v) is 6.19. The fourth-order valence-corrected chi connectivity index (χ4v) is 2.61. The van der Waals surface area contributed by atoms with Crippen molar-refractivity contribution in [3.63, 3.8) is 0 Å². The second kappa shape index (κ2) is 4.81. The molecule has 3 nitrogen and oxygen atoms in total. The van der Waals surface area contributed by atoms with Crippen LogP contribution in [0, 0.1) is 11.3 Å². The topological polar surface area (TPSA) is 40.7 Å². The largest absolute Gasteiger partial charge is 0.345 e.